The number of nitrogens with one attached hydrogen (secondary N) is 1. The van der Waals surface area contributed by atoms with Crippen LogP contribution in [0.15, 0.2) is 30.3 Å². The topological polar surface area (TPSA) is 66.5 Å². The van der Waals surface area contributed by atoms with E-state index in [1.807, 2.05) is 18.2 Å². The highest BCUT2D eigenvalue weighted by Crippen LogP contribution is 2.22. The summed E-state index contributed by atoms with van der Waals surface area (Å²) in [7, 11) is 1.52. The van der Waals surface area contributed by atoms with Gasteiger partial charge in [-0.1, -0.05) is 43.2 Å². The summed E-state index contributed by atoms with van der Waals surface area (Å²) in [6, 6.07) is 9.05. The van der Waals surface area contributed by atoms with Gasteiger partial charge in [0.05, 0.1) is 0 Å². The molecule has 5 nitrogen and oxygen atoms in total. The van der Waals surface area contributed by atoms with E-state index in [-0.39, 0.29) is 30.1 Å². The van der Waals surface area contributed by atoms with Crippen LogP contribution in [0.4, 0.5) is 0 Å². The van der Waals surface area contributed by atoms with E-state index in [0.717, 1.165) is 25.7 Å². The first kappa shape index (κ1) is 17.2. The summed E-state index contributed by atoms with van der Waals surface area (Å²) in [6.07, 6.45) is 3.99. The van der Waals surface area contributed by atoms with Crippen molar-refractivity contribution in [1.29, 1.82) is 0 Å². The fraction of sp³-hybridized carbons (Fsp3) is 0.500. The zero-order chi connectivity index (χ0) is 16.7. The second kappa shape index (κ2) is 8.46. The summed E-state index contributed by atoms with van der Waals surface area (Å²) < 4.78 is 0. The Morgan fingerprint density at radius 1 is 1.13 bits per heavy atom. The van der Waals surface area contributed by atoms with E-state index in [4.69, 9.17) is 0 Å². The van der Waals surface area contributed by atoms with Crippen LogP contribution in [0.1, 0.15) is 48.9 Å². The number of nitrogens with zero attached hydrogens (tertiary/aromatic N) is 1. The second-order valence-electron chi connectivity index (χ2n) is 5.93. The Morgan fingerprint density at radius 2 is 1.87 bits per heavy atom. The van der Waals surface area contributed by atoms with Crippen molar-refractivity contribution in [3.63, 3.8) is 0 Å². The minimum atomic E-state index is -0.285. The van der Waals surface area contributed by atoms with Gasteiger partial charge in [-0.25, -0.2) is 0 Å². The molecule has 23 heavy (non-hydrogen) atoms. The third kappa shape index (κ3) is 4.91. The summed E-state index contributed by atoms with van der Waals surface area (Å²) >= 11 is 0. The van der Waals surface area contributed by atoms with Crippen molar-refractivity contribution in [3.8, 4) is 0 Å². The van der Waals surface area contributed by atoms with Gasteiger partial charge in [-0.3, -0.25) is 14.4 Å². The van der Waals surface area contributed by atoms with Gasteiger partial charge in [-0.2, -0.15) is 0 Å². The van der Waals surface area contributed by atoms with Gasteiger partial charge in [-0.05, 0) is 12.8 Å². The van der Waals surface area contributed by atoms with Gasteiger partial charge >= 0.3 is 0 Å². The molecule has 1 aliphatic heterocycles. The summed E-state index contributed by atoms with van der Waals surface area (Å²) in [5.41, 5.74) is 0.676. The Balaban J connectivity index is 2.07. The molecule has 5 heteroatoms. The smallest absolute Gasteiger partial charge is 0.232 e. The minimum absolute atomic E-state index is 0.0512. The predicted molar refractivity (Wildman–Crippen MR) is 88.0 cm³/mol. The first-order chi connectivity index (χ1) is 11.1. The van der Waals surface area contributed by atoms with Crippen LogP contribution in [-0.2, 0) is 9.59 Å². The maximum Gasteiger partial charge on any atom is 0.232 e. The summed E-state index contributed by atoms with van der Waals surface area (Å²) in [5.74, 6) is -0.417. The first-order valence-corrected chi connectivity index (χ1v) is 8.20. The molecule has 124 valence electrons. The van der Waals surface area contributed by atoms with E-state index in [1.54, 1.807) is 17.0 Å². The van der Waals surface area contributed by atoms with Crippen molar-refractivity contribution in [2.75, 3.05) is 13.6 Å². The summed E-state index contributed by atoms with van der Waals surface area (Å²) in [5, 5.41) is 2.48. The standard InChI is InChI=1S/C18H24N2O3/c1-19-17(22)13-18(23)20-11-7-3-6-10-15(20)12-16(21)14-8-4-2-5-9-14/h2,4-5,8-9,15H,3,6-7,10-13H2,1H3,(H,19,22). The van der Waals surface area contributed by atoms with Gasteiger partial charge in [-0.15, -0.1) is 0 Å². The molecule has 1 aromatic rings. The fourth-order valence-corrected chi connectivity index (χ4v) is 3.00. The normalized spacial score (nSPS) is 18.1. The maximum absolute atomic E-state index is 12.5. The molecule has 0 radical (unpaired) electrons. The van der Waals surface area contributed by atoms with Crippen molar-refractivity contribution < 1.29 is 14.4 Å². The third-order valence-electron chi connectivity index (χ3n) is 4.30. The quantitative estimate of drug-likeness (QED) is 0.669. The summed E-state index contributed by atoms with van der Waals surface area (Å²) in [6.45, 7) is 0.628. The largest absolute Gasteiger partial charge is 0.359 e. The van der Waals surface area contributed by atoms with Crippen LogP contribution in [0.5, 0.6) is 0 Å². The number of Topliss-reactive ketones (excluding diaryl/α,β-unsaturated/α-hetero) is 1. The van der Waals surface area contributed by atoms with Crippen LogP contribution in [0.3, 0.4) is 0 Å². The molecule has 0 aliphatic carbocycles. The monoisotopic (exact) mass is 316 g/mol. The SMILES string of the molecule is CNC(=O)CC(=O)N1CCCCCC1CC(=O)c1ccccc1. The number of rotatable bonds is 5. The lowest BCUT2D eigenvalue weighted by atomic mass is 9.99. The lowest BCUT2D eigenvalue weighted by Gasteiger charge is -2.29. The van der Waals surface area contributed by atoms with Gasteiger partial charge in [0, 0.05) is 31.6 Å². The Morgan fingerprint density at radius 3 is 2.57 bits per heavy atom. The maximum atomic E-state index is 12.5. The fourth-order valence-electron chi connectivity index (χ4n) is 3.00. The lowest BCUT2D eigenvalue weighted by molar-refractivity contribution is -0.137. The molecule has 1 heterocycles. The van der Waals surface area contributed by atoms with Gasteiger partial charge in [0.15, 0.2) is 5.78 Å². The van der Waals surface area contributed by atoms with Crippen LogP contribution < -0.4 is 5.32 Å². The highest BCUT2D eigenvalue weighted by atomic mass is 16.2. The molecule has 0 saturated carbocycles. The number of carbonyl (C=O) groups excluding carboxylic acids is 3. The van der Waals surface area contributed by atoms with Gasteiger partial charge in [0.2, 0.25) is 11.8 Å². The van der Waals surface area contributed by atoms with Crippen LogP contribution in [0.25, 0.3) is 0 Å². The molecule has 1 N–H and O–H groups in total. The molecule has 0 bridgehead atoms. The third-order valence-corrected chi connectivity index (χ3v) is 4.30. The number of benzene rings is 1. The molecule has 2 rings (SSSR count). The number of ketones is 1. The molecule has 1 aromatic carbocycles. The lowest BCUT2D eigenvalue weighted by Crippen LogP contribution is -2.43. The Kier molecular flexibility index (Phi) is 6.32. The highest BCUT2D eigenvalue weighted by molar-refractivity contribution is 5.98. The molecule has 1 saturated heterocycles. The van der Waals surface area contributed by atoms with Crippen molar-refractivity contribution in [1.82, 2.24) is 10.2 Å². The predicted octanol–water partition coefficient (Wildman–Crippen LogP) is 2.17. The van der Waals surface area contributed by atoms with Crippen molar-refractivity contribution in [2.24, 2.45) is 0 Å². The van der Waals surface area contributed by atoms with Crippen molar-refractivity contribution >= 4 is 17.6 Å². The molecular weight excluding hydrogens is 292 g/mol. The average molecular weight is 316 g/mol. The summed E-state index contributed by atoms with van der Waals surface area (Å²) in [4.78, 5) is 38.1. The van der Waals surface area contributed by atoms with Gasteiger partial charge < -0.3 is 10.2 Å². The average Bonchev–Trinajstić information content (AvgIpc) is 2.81. The van der Waals surface area contributed by atoms with E-state index in [9.17, 15) is 14.4 Å². The Bertz CT molecular complexity index is 557. The highest BCUT2D eigenvalue weighted by Gasteiger charge is 2.28. The van der Waals surface area contributed by atoms with Crippen LogP contribution in [-0.4, -0.2) is 42.1 Å². The van der Waals surface area contributed by atoms with E-state index < -0.39 is 0 Å². The van der Waals surface area contributed by atoms with Crippen molar-refractivity contribution in [2.45, 2.75) is 44.6 Å². The second-order valence-corrected chi connectivity index (χ2v) is 5.93. The number of likely N-dealkylation sites (tertiary alicyclic amines) is 1. The first-order valence-electron chi connectivity index (χ1n) is 8.20. The van der Waals surface area contributed by atoms with Crippen LogP contribution in [0, 0.1) is 0 Å². The van der Waals surface area contributed by atoms with Gasteiger partial charge in [0.1, 0.15) is 6.42 Å². The zero-order valence-electron chi connectivity index (χ0n) is 13.6. The Labute approximate surface area is 137 Å². The molecule has 1 aliphatic rings. The van der Waals surface area contributed by atoms with Crippen LogP contribution >= 0.6 is 0 Å². The number of hydrogen-bond donors (Lipinski definition) is 1. The van der Waals surface area contributed by atoms with Crippen molar-refractivity contribution in [3.05, 3.63) is 35.9 Å². The number of amides is 2. The van der Waals surface area contributed by atoms with Crippen LogP contribution in [0.2, 0.25) is 0 Å². The zero-order valence-corrected chi connectivity index (χ0v) is 13.6. The molecule has 1 unspecified atom stereocenters. The number of carbonyl (C=O) groups is 3. The van der Waals surface area contributed by atoms with Gasteiger partial charge in [0.25, 0.3) is 0 Å². The molecule has 1 fully saturated rings. The molecule has 0 spiro atoms. The molecular formula is C18H24N2O3. The molecule has 1 atom stereocenters. The van der Waals surface area contributed by atoms with E-state index in [2.05, 4.69) is 5.32 Å². The number of hydrogen-bond acceptors (Lipinski definition) is 3. The Hall–Kier alpha value is -2.17. The van der Waals surface area contributed by atoms with E-state index in [1.165, 1.54) is 7.05 Å². The molecule has 0 aromatic heterocycles. The minimum Gasteiger partial charge on any atom is -0.359 e. The van der Waals surface area contributed by atoms with E-state index in [0.29, 0.717) is 18.5 Å². The van der Waals surface area contributed by atoms with E-state index >= 15 is 0 Å². The molecule has 2 amide bonds.